The number of benzene rings is 1. The Labute approximate surface area is 68.7 Å². The van der Waals surface area contributed by atoms with Gasteiger partial charge in [-0.3, -0.25) is 0 Å². The zero-order valence-corrected chi connectivity index (χ0v) is 7.06. The molecule has 1 nitrogen and oxygen atoms in total. The Morgan fingerprint density at radius 1 is 1.50 bits per heavy atom. The number of nitrogens with two attached hydrogens (primary N) is 1. The minimum Gasteiger partial charge on any atom is -0.398 e. The normalized spacial score (nSPS) is 9.30. The lowest BCUT2D eigenvalue weighted by Gasteiger charge is -1.99. The lowest BCUT2D eigenvalue weighted by atomic mass is 10.2. The van der Waals surface area contributed by atoms with Gasteiger partial charge in [-0.25, -0.2) is 0 Å². The smallest absolute Gasteiger partial charge is 0.0477 e. The molecular weight excluding hydrogens is 190 g/mol. The van der Waals surface area contributed by atoms with Crippen LogP contribution in [0.15, 0.2) is 29.3 Å². The van der Waals surface area contributed by atoms with E-state index in [0.29, 0.717) is 0 Å². The number of halogens is 1. The molecule has 0 atom stereocenters. The van der Waals surface area contributed by atoms with Crippen molar-refractivity contribution < 1.29 is 0 Å². The monoisotopic (exact) mass is 197 g/mol. The van der Waals surface area contributed by atoms with Crippen LogP contribution in [0.1, 0.15) is 5.56 Å². The minimum absolute atomic E-state index is 0.748. The number of hydrogen-bond donors (Lipinski definition) is 1. The molecule has 2 heteroatoms. The third-order valence-corrected chi connectivity index (χ3v) is 2.19. The van der Waals surface area contributed by atoms with Gasteiger partial charge in [0.15, 0.2) is 0 Å². The van der Waals surface area contributed by atoms with Crippen LogP contribution in [-0.4, -0.2) is 0 Å². The van der Waals surface area contributed by atoms with Gasteiger partial charge in [-0.15, -0.1) is 0 Å². The summed E-state index contributed by atoms with van der Waals surface area (Å²) in [6.07, 6.45) is 1.76. The van der Waals surface area contributed by atoms with Crippen molar-refractivity contribution in [1.82, 2.24) is 0 Å². The van der Waals surface area contributed by atoms with Gasteiger partial charge >= 0.3 is 0 Å². The van der Waals surface area contributed by atoms with Crippen molar-refractivity contribution in [2.75, 3.05) is 5.73 Å². The van der Waals surface area contributed by atoms with Gasteiger partial charge in [0.2, 0.25) is 0 Å². The molecule has 0 aliphatic carbocycles. The van der Waals surface area contributed by atoms with E-state index >= 15 is 0 Å². The quantitative estimate of drug-likeness (QED) is 0.689. The van der Waals surface area contributed by atoms with Crippen LogP contribution >= 0.6 is 15.9 Å². The molecule has 1 rings (SSSR count). The molecule has 0 spiro atoms. The Morgan fingerprint density at radius 3 is 2.70 bits per heavy atom. The highest BCUT2D eigenvalue weighted by molar-refractivity contribution is 9.10. The van der Waals surface area contributed by atoms with E-state index in [0.717, 1.165) is 15.7 Å². The molecule has 0 bridgehead atoms. The Hall–Kier alpha value is -0.760. The van der Waals surface area contributed by atoms with Gasteiger partial charge in [0.05, 0.1) is 0 Å². The van der Waals surface area contributed by atoms with Gasteiger partial charge in [0, 0.05) is 10.2 Å². The number of nitrogen functional groups attached to an aromatic ring is 1. The van der Waals surface area contributed by atoms with Crippen molar-refractivity contribution in [2.24, 2.45) is 0 Å². The molecule has 0 saturated carbocycles. The SMILES string of the molecule is C=Cc1cccc(N)c1Br. The predicted octanol–water partition coefficient (Wildman–Crippen LogP) is 2.67. The fourth-order valence-electron chi connectivity index (χ4n) is 0.726. The van der Waals surface area contributed by atoms with Crippen molar-refractivity contribution >= 4 is 27.7 Å². The second-order valence-electron chi connectivity index (χ2n) is 1.95. The first-order chi connectivity index (χ1) is 4.75. The standard InChI is InChI=1S/C8H8BrN/c1-2-6-4-3-5-7(10)8(6)9/h2-5H,1,10H2. The topological polar surface area (TPSA) is 26.0 Å². The number of anilines is 1. The Bertz CT molecular complexity index is 255. The van der Waals surface area contributed by atoms with Gasteiger partial charge in [0.1, 0.15) is 0 Å². The summed E-state index contributed by atoms with van der Waals surface area (Å²) in [7, 11) is 0. The summed E-state index contributed by atoms with van der Waals surface area (Å²) < 4.78 is 0.921. The molecule has 52 valence electrons. The van der Waals surface area contributed by atoms with Crippen LogP contribution in [0.3, 0.4) is 0 Å². The van der Waals surface area contributed by atoms with Crippen LogP contribution in [0.5, 0.6) is 0 Å². The van der Waals surface area contributed by atoms with Crippen molar-refractivity contribution in [3.63, 3.8) is 0 Å². The number of rotatable bonds is 1. The molecular formula is C8H8BrN. The van der Waals surface area contributed by atoms with E-state index in [1.165, 1.54) is 0 Å². The zero-order valence-electron chi connectivity index (χ0n) is 5.47. The first kappa shape index (κ1) is 7.35. The largest absolute Gasteiger partial charge is 0.398 e. The molecule has 0 saturated heterocycles. The molecule has 0 radical (unpaired) electrons. The van der Waals surface area contributed by atoms with Crippen LogP contribution in [0.4, 0.5) is 5.69 Å². The average molecular weight is 198 g/mol. The summed E-state index contributed by atoms with van der Waals surface area (Å²) in [6.45, 7) is 3.65. The molecule has 0 aliphatic rings. The fourth-order valence-corrected chi connectivity index (χ4v) is 1.15. The molecule has 0 heterocycles. The predicted molar refractivity (Wildman–Crippen MR) is 48.6 cm³/mol. The third kappa shape index (κ3) is 1.21. The van der Waals surface area contributed by atoms with E-state index in [1.807, 2.05) is 18.2 Å². The van der Waals surface area contributed by atoms with Crippen molar-refractivity contribution in [2.45, 2.75) is 0 Å². The second kappa shape index (κ2) is 2.88. The summed E-state index contributed by atoms with van der Waals surface area (Å²) in [6, 6.07) is 5.70. The van der Waals surface area contributed by atoms with Crippen LogP contribution in [0.25, 0.3) is 6.08 Å². The second-order valence-corrected chi connectivity index (χ2v) is 2.75. The highest BCUT2D eigenvalue weighted by Crippen LogP contribution is 2.23. The molecule has 1 aromatic rings. The summed E-state index contributed by atoms with van der Waals surface area (Å²) in [5.41, 5.74) is 7.38. The van der Waals surface area contributed by atoms with E-state index in [9.17, 15) is 0 Å². The van der Waals surface area contributed by atoms with Crippen LogP contribution in [-0.2, 0) is 0 Å². The highest BCUT2D eigenvalue weighted by Gasteiger charge is 1.96. The van der Waals surface area contributed by atoms with E-state index in [-0.39, 0.29) is 0 Å². The van der Waals surface area contributed by atoms with Gasteiger partial charge in [-0.2, -0.15) is 0 Å². The maximum absolute atomic E-state index is 5.60. The van der Waals surface area contributed by atoms with E-state index in [1.54, 1.807) is 6.08 Å². The summed E-state index contributed by atoms with van der Waals surface area (Å²) >= 11 is 3.34. The molecule has 0 amide bonds. The third-order valence-electron chi connectivity index (χ3n) is 1.28. The van der Waals surface area contributed by atoms with Gasteiger partial charge in [-0.1, -0.05) is 24.8 Å². The van der Waals surface area contributed by atoms with Crippen LogP contribution in [0.2, 0.25) is 0 Å². The maximum Gasteiger partial charge on any atom is 0.0477 e. The van der Waals surface area contributed by atoms with E-state index < -0.39 is 0 Å². The summed E-state index contributed by atoms with van der Waals surface area (Å²) in [5, 5.41) is 0. The summed E-state index contributed by atoms with van der Waals surface area (Å²) in [4.78, 5) is 0. The summed E-state index contributed by atoms with van der Waals surface area (Å²) in [5.74, 6) is 0. The lowest BCUT2D eigenvalue weighted by Crippen LogP contribution is -1.86. The van der Waals surface area contributed by atoms with Crippen LogP contribution in [0, 0.1) is 0 Å². The van der Waals surface area contributed by atoms with Crippen LogP contribution < -0.4 is 5.73 Å². The number of hydrogen-bond acceptors (Lipinski definition) is 1. The molecule has 2 N–H and O–H groups in total. The average Bonchev–Trinajstić information content (AvgIpc) is 1.95. The fraction of sp³-hybridized carbons (Fsp3) is 0. The molecule has 0 unspecified atom stereocenters. The van der Waals surface area contributed by atoms with Crippen molar-refractivity contribution in [3.8, 4) is 0 Å². The minimum atomic E-state index is 0.748. The zero-order chi connectivity index (χ0) is 7.56. The Kier molecular flexibility index (Phi) is 2.12. The molecule has 1 aromatic carbocycles. The Balaban J connectivity index is 3.27. The lowest BCUT2D eigenvalue weighted by molar-refractivity contribution is 1.59. The molecule has 10 heavy (non-hydrogen) atoms. The molecule has 0 aromatic heterocycles. The van der Waals surface area contributed by atoms with Gasteiger partial charge < -0.3 is 5.73 Å². The highest BCUT2D eigenvalue weighted by atomic mass is 79.9. The van der Waals surface area contributed by atoms with E-state index in [2.05, 4.69) is 22.5 Å². The van der Waals surface area contributed by atoms with Gasteiger partial charge in [-0.05, 0) is 27.6 Å². The van der Waals surface area contributed by atoms with Crippen molar-refractivity contribution in [3.05, 3.63) is 34.8 Å². The maximum atomic E-state index is 5.60. The first-order valence-electron chi connectivity index (χ1n) is 2.92. The first-order valence-corrected chi connectivity index (χ1v) is 3.71. The molecule has 0 fully saturated rings. The van der Waals surface area contributed by atoms with Crippen molar-refractivity contribution in [1.29, 1.82) is 0 Å². The van der Waals surface area contributed by atoms with Gasteiger partial charge in [0.25, 0.3) is 0 Å². The molecule has 0 aliphatic heterocycles. The Morgan fingerprint density at radius 2 is 2.20 bits per heavy atom. The van der Waals surface area contributed by atoms with E-state index in [4.69, 9.17) is 5.73 Å².